The molecular weight excluding hydrogens is 1260 g/mol. The molecule has 0 aromatic carbocycles. The summed E-state index contributed by atoms with van der Waals surface area (Å²) in [4.78, 5) is 26.9. The third kappa shape index (κ3) is 11.8. The van der Waals surface area contributed by atoms with Crippen molar-refractivity contribution in [1.82, 2.24) is 0 Å². The van der Waals surface area contributed by atoms with E-state index >= 15 is 0 Å². The minimum atomic E-state index is -2.34. The predicted octanol–water partition coefficient (Wildman–Crippen LogP) is -2.57. The Balaban J connectivity index is 0.904. The van der Waals surface area contributed by atoms with E-state index in [9.17, 15) is 91.3 Å². The number of unbranched alkanes of at least 4 members (excludes halogenated alkanes) is 1. The molecule has 2 bridgehead atoms. The number of rotatable bonds is 18. The highest BCUT2D eigenvalue weighted by atomic mass is 16.8. The summed E-state index contributed by atoms with van der Waals surface area (Å²) in [6.07, 6.45) is -38.0. The van der Waals surface area contributed by atoms with Crippen LogP contribution in [0.2, 0.25) is 0 Å². The van der Waals surface area contributed by atoms with Gasteiger partial charge in [-0.1, -0.05) is 67.9 Å². The van der Waals surface area contributed by atoms with Crippen molar-refractivity contribution in [2.75, 3.05) is 26.4 Å². The van der Waals surface area contributed by atoms with Gasteiger partial charge in [0.05, 0.1) is 55.8 Å². The molecule has 35 atom stereocenters. The summed E-state index contributed by atoms with van der Waals surface area (Å²) >= 11 is 0. The highest BCUT2D eigenvalue weighted by Crippen LogP contribution is 2.81. The van der Waals surface area contributed by atoms with E-state index in [0.29, 0.717) is 57.8 Å². The number of fused-ring (bicyclic) bond motifs is 4. The van der Waals surface area contributed by atoms with E-state index in [1.807, 2.05) is 20.8 Å². The van der Waals surface area contributed by atoms with E-state index in [0.717, 1.165) is 6.42 Å². The number of allylic oxidation sites excluding steroid dienone is 1. The molecule has 30 nitrogen and oxygen atoms in total. The Morgan fingerprint density at radius 2 is 1.17 bits per heavy atom. The lowest BCUT2D eigenvalue weighted by Crippen LogP contribution is -2.75. The topological polar surface area (TPSA) is 469 Å². The van der Waals surface area contributed by atoms with Crippen molar-refractivity contribution in [1.29, 1.82) is 0 Å². The monoisotopic (exact) mass is 1360 g/mol. The maximum atomic E-state index is 13.5. The smallest absolute Gasteiger partial charge is 0.335 e. The number of aliphatic carboxylic acids is 1. The first-order chi connectivity index (χ1) is 44.5. The lowest BCUT2D eigenvalue weighted by atomic mass is 9.30. The van der Waals surface area contributed by atoms with Gasteiger partial charge in [0.1, 0.15) is 103 Å². The van der Waals surface area contributed by atoms with Crippen LogP contribution in [0.5, 0.6) is 0 Å². The predicted molar refractivity (Wildman–Crippen MR) is 318 cm³/mol. The summed E-state index contributed by atoms with van der Waals surface area (Å²) in [6.45, 7) is 14.8. The van der Waals surface area contributed by atoms with E-state index in [1.165, 1.54) is 13.0 Å². The average molecular weight is 1370 g/mol. The van der Waals surface area contributed by atoms with Gasteiger partial charge in [-0.15, -0.1) is 0 Å². The zero-order chi connectivity index (χ0) is 69.4. The number of carboxylic acid groups (broad SMARTS) is 1. The van der Waals surface area contributed by atoms with E-state index in [4.69, 9.17) is 56.8 Å². The summed E-state index contributed by atoms with van der Waals surface area (Å²) in [6, 6.07) is 0. The number of carbonyl (C=O) groups excluding carboxylic acids is 1. The standard InChI is InChI=1S/C65H104O30/c1-10-11-12-13-36(70)88-35-22-58(3,4)20-32-64-19-15-31-60(7)17-16-34(59(5,6)30(60)14-18-61(31,8)62(64,9)21-33(69)65(32,35)57(82)95-64)89-55-49(94-52-43(77)40(74)38(72)28(23-66)86-52)45(44(78)46(91-55)51(80)81)90-54-48(42(76)39(73)29(24-67)87-54)92-53-47(41(75)37(71)27(2)85-53)93-56-50(79)63(83,25-68)26-84-56/h12-13,27-35,37-50,52-57,66-69,71-79,82-83H,10-11,14-26H2,1-9H3,(H,80,81)/b13-12+/t27-,28+,29+,30?,31?,32?,33+,34-,35-,37?,38-,39-,40-,41+,42-,43+,44-,45-,46-,47-,48+,49+,50-,52-,53?,54-,55+,56-,57+,60-,61+,62-,63+,64-,65+/m0/s1. The highest BCUT2D eigenvalue weighted by Gasteiger charge is 2.84. The van der Waals surface area contributed by atoms with Gasteiger partial charge in [0.2, 0.25) is 0 Å². The number of ether oxygens (including phenoxy) is 12. The number of carboxylic acids is 1. The van der Waals surface area contributed by atoms with Crippen LogP contribution in [0.4, 0.5) is 0 Å². The molecule has 11 fully saturated rings. The molecular formula is C65H104O30. The number of aliphatic hydroxyl groups is 15. The lowest BCUT2D eigenvalue weighted by Gasteiger charge is -2.75. The minimum Gasteiger partial charge on any atom is -0.479 e. The summed E-state index contributed by atoms with van der Waals surface area (Å²) in [5.74, 6) is -2.83. The fourth-order valence-electron chi connectivity index (χ4n) is 20.1. The number of esters is 1. The molecule has 30 heteroatoms. The van der Waals surface area contributed by atoms with Crippen LogP contribution in [-0.2, 0) is 66.4 Å². The quantitative estimate of drug-likeness (QED) is 0.0381. The molecule has 95 heavy (non-hydrogen) atoms. The maximum Gasteiger partial charge on any atom is 0.335 e. The van der Waals surface area contributed by atoms with Crippen LogP contribution < -0.4 is 0 Å². The van der Waals surface area contributed by atoms with Crippen molar-refractivity contribution in [2.24, 2.45) is 50.2 Å². The Morgan fingerprint density at radius 1 is 0.579 bits per heavy atom. The van der Waals surface area contributed by atoms with Crippen molar-refractivity contribution in [2.45, 2.75) is 304 Å². The van der Waals surface area contributed by atoms with Gasteiger partial charge in [-0.2, -0.15) is 0 Å². The van der Waals surface area contributed by atoms with E-state index < -0.39 is 236 Å². The van der Waals surface area contributed by atoms with Crippen molar-refractivity contribution in [3.8, 4) is 0 Å². The second-order valence-electron chi connectivity index (χ2n) is 31.4. The Kier molecular flexibility index (Phi) is 20.8. The molecule has 11 aliphatic rings. The SMILES string of the molecule is CCC/C=C/C(=O)O[C@H]1CC(C)(C)CC2[C@@]13[C@H](O)C[C@]1(C)[C@@]2(CCC2[C@@]4(C)CC[C@H](O[C@@H]5O[C@H](C(=O)O)[C@@H](O)[C@H](O[C@@H]6O[C@H](CO)[C@H](O)[C@H](O)[C@H]6OC6O[C@@H](C)C(O)[C@@H](O)[C@@H]6O[C@@H]6OC[C@](O)(CO)[C@H]6O)[C@H]5O[C@@H]5O[C@H](CO)[C@H](O)[C@H](O)[C@H]5O)C(C)(C)C4CC[C@]21C)O[C@H]3O. The van der Waals surface area contributed by atoms with Crippen LogP contribution in [-0.4, -0.2) is 291 Å². The second kappa shape index (κ2) is 26.8. The van der Waals surface area contributed by atoms with Crippen LogP contribution in [0, 0.1) is 50.2 Å². The Bertz CT molecular complexity index is 2740. The molecule has 11 rings (SSSR count). The number of carbonyl (C=O) groups is 2. The molecule has 5 unspecified atom stereocenters. The van der Waals surface area contributed by atoms with E-state index in [1.54, 1.807) is 6.08 Å². The fraction of sp³-hybridized carbons (Fsp3) is 0.938. The van der Waals surface area contributed by atoms with Gasteiger partial charge in [0.15, 0.2) is 43.8 Å². The van der Waals surface area contributed by atoms with Crippen LogP contribution in [0.15, 0.2) is 12.2 Å². The highest BCUT2D eigenvalue weighted by molar-refractivity contribution is 5.82. The Morgan fingerprint density at radius 3 is 1.80 bits per heavy atom. The van der Waals surface area contributed by atoms with Gasteiger partial charge in [-0.25, -0.2) is 9.59 Å². The molecule has 1 spiro atoms. The van der Waals surface area contributed by atoms with Crippen LogP contribution in [0.25, 0.3) is 0 Å². The first-order valence-corrected chi connectivity index (χ1v) is 33.8. The average Bonchev–Trinajstić information content (AvgIpc) is 1.54. The van der Waals surface area contributed by atoms with E-state index in [-0.39, 0.29) is 29.6 Å². The number of aliphatic hydroxyl groups excluding tert-OH is 14. The molecule has 0 radical (unpaired) electrons. The third-order valence-corrected chi connectivity index (χ3v) is 25.4. The van der Waals surface area contributed by atoms with Crippen molar-refractivity contribution >= 4 is 11.9 Å². The second-order valence-corrected chi connectivity index (χ2v) is 31.4. The molecule has 6 heterocycles. The summed E-state index contributed by atoms with van der Waals surface area (Å²) in [5, 5.41) is 180. The summed E-state index contributed by atoms with van der Waals surface area (Å²) in [7, 11) is 0. The molecule has 0 amide bonds. The normalized spacial score (nSPS) is 54.0. The maximum absolute atomic E-state index is 13.5. The van der Waals surface area contributed by atoms with Gasteiger partial charge in [-0.05, 0) is 105 Å². The minimum absolute atomic E-state index is 0.00865. The molecule has 16 N–H and O–H groups in total. The first-order valence-electron chi connectivity index (χ1n) is 33.8. The van der Waals surface area contributed by atoms with Gasteiger partial charge >= 0.3 is 11.9 Å². The van der Waals surface area contributed by atoms with Gasteiger partial charge < -0.3 is 139 Å². The number of hydrogen-bond acceptors (Lipinski definition) is 29. The molecule has 544 valence electrons. The van der Waals surface area contributed by atoms with Gasteiger partial charge in [0.25, 0.3) is 0 Å². The van der Waals surface area contributed by atoms with Crippen molar-refractivity contribution in [3.63, 3.8) is 0 Å². The third-order valence-electron chi connectivity index (χ3n) is 25.4. The summed E-state index contributed by atoms with van der Waals surface area (Å²) < 4.78 is 74.9. The van der Waals surface area contributed by atoms with Gasteiger partial charge in [0, 0.05) is 17.4 Å². The zero-order valence-corrected chi connectivity index (χ0v) is 55.4. The van der Waals surface area contributed by atoms with Crippen LogP contribution >= 0.6 is 0 Å². The van der Waals surface area contributed by atoms with Gasteiger partial charge in [-0.3, -0.25) is 0 Å². The molecule has 6 saturated heterocycles. The Hall–Kier alpha value is -2.36. The van der Waals surface area contributed by atoms with Crippen molar-refractivity contribution < 1.29 is 148 Å². The summed E-state index contributed by atoms with van der Waals surface area (Å²) in [5.41, 5.74) is -7.34. The molecule has 6 aliphatic heterocycles. The molecule has 0 aromatic heterocycles. The fourth-order valence-corrected chi connectivity index (χ4v) is 20.1. The molecule has 0 aromatic rings. The first kappa shape index (κ1) is 73.8. The molecule has 5 aliphatic carbocycles. The van der Waals surface area contributed by atoms with Crippen molar-refractivity contribution in [3.05, 3.63) is 12.2 Å². The number of hydrogen-bond donors (Lipinski definition) is 16. The van der Waals surface area contributed by atoms with Crippen LogP contribution in [0.1, 0.15) is 133 Å². The lowest BCUT2D eigenvalue weighted by molar-refractivity contribution is -0.409. The van der Waals surface area contributed by atoms with E-state index in [2.05, 4.69) is 34.6 Å². The zero-order valence-electron chi connectivity index (χ0n) is 55.4. The Labute approximate surface area is 551 Å². The molecule has 5 saturated carbocycles. The largest absolute Gasteiger partial charge is 0.479 e. The van der Waals surface area contributed by atoms with Crippen LogP contribution in [0.3, 0.4) is 0 Å².